The molecule has 1 amide bonds. The molecule has 1 atom stereocenters. The number of benzene rings is 2. The minimum absolute atomic E-state index is 0.121. The predicted octanol–water partition coefficient (Wildman–Crippen LogP) is 3.18. The summed E-state index contributed by atoms with van der Waals surface area (Å²) in [5.74, 6) is 0.846. The summed E-state index contributed by atoms with van der Waals surface area (Å²) in [5, 5.41) is 7.06. The van der Waals surface area contributed by atoms with Crippen molar-refractivity contribution in [1.82, 2.24) is 15.2 Å². The van der Waals surface area contributed by atoms with Crippen LogP contribution in [0.3, 0.4) is 0 Å². The lowest BCUT2D eigenvalue weighted by atomic mass is 10.1. The van der Waals surface area contributed by atoms with Gasteiger partial charge in [0.15, 0.2) is 0 Å². The van der Waals surface area contributed by atoms with Crippen molar-refractivity contribution in [1.29, 1.82) is 0 Å². The molecule has 126 valence electrons. The van der Waals surface area contributed by atoms with E-state index in [1.54, 1.807) is 4.90 Å². The third kappa shape index (κ3) is 3.05. The van der Waals surface area contributed by atoms with Gasteiger partial charge in [-0.2, -0.15) is 0 Å². The third-order valence-corrected chi connectivity index (χ3v) is 4.64. The predicted molar refractivity (Wildman–Crippen MR) is 96.7 cm³/mol. The first-order valence-electron chi connectivity index (χ1n) is 8.59. The molecule has 0 radical (unpaired) electrons. The van der Waals surface area contributed by atoms with Crippen LogP contribution in [0.25, 0.3) is 0 Å². The molecule has 0 fully saturated rings. The molecule has 1 aromatic heterocycles. The highest BCUT2D eigenvalue weighted by atomic mass is 16.2. The van der Waals surface area contributed by atoms with E-state index in [9.17, 15) is 4.79 Å². The molecule has 1 aliphatic rings. The van der Waals surface area contributed by atoms with Crippen LogP contribution in [-0.2, 0) is 19.3 Å². The number of carbonyl (C=O) groups excluding carboxylic acids is 1. The van der Waals surface area contributed by atoms with E-state index < -0.39 is 0 Å². The van der Waals surface area contributed by atoms with Crippen LogP contribution in [0.1, 0.15) is 34.5 Å². The van der Waals surface area contributed by atoms with Crippen LogP contribution in [0.5, 0.6) is 0 Å². The van der Waals surface area contributed by atoms with Crippen LogP contribution in [-0.4, -0.2) is 27.1 Å². The molecule has 0 bridgehead atoms. The molecule has 25 heavy (non-hydrogen) atoms. The standard InChI is InChI=1S/C20H20N4O/c1-14-13-16-9-5-6-10-17(16)24(14)20(25)19-21-18(22-23-19)12-11-15-7-3-2-4-8-15/h2-10,14H,11-13H2,1H3,(H,21,22,23)/t14-/m0/s1. The summed E-state index contributed by atoms with van der Waals surface area (Å²) in [4.78, 5) is 19.1. The highest BCUT2D eigenvalue weighted by Gasteiger charge is 2.33. The van der Waals surface area contributed by atoms with Crippen molar-refractivity contribution in [2.24, 2.45) is 0 Å². The van der Waals surface area contributed by atoms with Gasteiger partial charge in [0.25, 0.3) is 5.91 Å². The number of para-hydroxylation sites is 1. The van der Waals surface area contributed by atoms with E-state index >= 15 is 0 Å². The van der Waals surface area contributed by atoms with Gasteiger partial charge in [-0.25, -0.2) is 4.98 Å². The van der Waals surface area contributed by atoms with Gasteiger partial charge in [-0.05, 0) is 37.0 Å². The minimum Gasteiger partial charge on any atom is -0.302 e. The van der Waals surface area contributed by atoms with Gasteiger partial charge >= 0.3 is 0 Å². The van der Waals surface area contributed by atoms with Crippen molar-refractivity contribution in [3.8, 4) is 0 Å². The number of aromatic nitrogens is 3. The molecule has 0 saturated heterocycles. The minimum atomic E-state index is -0.139. The van der Waals surface area contributed by atoms with Crippen LogP contribution in [0.15, 0.2) is 54.6 Å². The van der Waals surface area contributed by atoms with Crippen molar-refractivity contribution < 1.29 is 4.79 Å². The van der Waals surface area contributed by atoms with Crippen molar-refractivity contribution in [2.45, 2.75) is 32.2 Å². The summed E-state index contributed by atoms with van der Waals surface area (Å²) < 4.78 is 0. The first-order chi connectivity index (χ1) is 12.2. The first-order valence-corrected chi connectivity index (χ1v) is 8.59. The Labute approximate surface area is 146 Å². The Kier molecular flexibility index (Phi) is 4.06. The van der Waals surface area contributed by atoms with Gasteiger partial charge < -0.3 is 4.90 Å². The Hall–Kier alpha value is -2.95. The highest BCUT2D eigenvalue weighted by molar-refractivity contribution is 6.05. The molecule has 5 heteroatoms. The number of hydrogen-bond donors (Lipinski definition) is 1. The maximum Gasteiger partial charge on any atom is 0.298 e. The summed E-state index contributed by atoms with van der Waals surface area (Å²) in [6, 6.07) is 18.4. The van der Waals surface area contributed by atoms with E-state index in [0.717, 1.165) is 30.8 Å². The van der Waals surface area contributed by atoms with E-state index in [2.05, 4.69) is 40.3 Å². The smallest absolute Gasteiger partial charge is 0.298 e. The Balaban J connectivity index is 1.49. The summed E-state index contributed by atoms with van der Waals surface area (Å²) in [6.07, 6.45) is 2.47. The lowest BCUT2D eigenvalue weighted by molar-refractivity contribution is 0.0972. The zero-order valence-electron chi connectivity index (χ0n) is 14.1. The Morgan fingerprint density at radius 1 is 1.12 bits per heavy atom. The highest BCUT2D eigenvalue weighted by Crippen LogP contribution is 2.32. The van der Waals surface area contributed by atoms with Gasteiger partial charge in [0.2, 0.25) is 5.82 Å². The van der Waals surface area contributed by atoms with Crippen molar-refractivity contribution in [3.05, 3.63) is 77.4 Å². The zero-order valence-corrected chi connectivity index (χ0v) is 14.1. The van der Waals surface area contributed by atoms with Gasteiger partial charge in [-0.3, -0.25) is 9.89 Å². The number of H-pyrrole nitrogens is 1. The Morgan fingerprint density at radius 3 is 2.72 bits per heavy atom. The fraction of sp³-hybridized carbons (Fsp3) is 0.250. The second-order valence-electron chi connectivity index (χ2n) is 6.45. The molecule has 3 aromatic rings. The molecule has 0 spiro atoms. The van der Waals surface area contributed by atoms with Crippen molar-refractivity contribution in [2.75, 3.05) is 4.90 Å². The number of aryl methyl sites for hydroxylation is 2. The van der Waals surface area contributed by atoms with E-state index in [0.29, 0.717) is 0 Å². The molecule has 0 aliphatic carbocycles. The van der Waals surface area contributed by atoms with Crippen LogP contribution in [0.4, 0.5) is 5.69 Å². The summed E-state index contributed by atoms with van der Waals surface area (Å²) in [7, 11) is 0. The average molecular weight is 332 g/mol. The number of nitrogens with zero attached hydrogens (tertiary/aromatic N) is 3. The summed E-state index contributed by atoms with van der Waals surface area (Å²) in [5.41, 5.74) is 3.41. The molecule has 2 heterocycles. The van der Waals surface area contributed by atoms with Crippen LogP contribution >= 0.6 is 0 Å². The van der Waals surface area contributed by atoms with E-state index in [1.165, 1.54) is 11.1 Å². The Bertz CT molecular complexity index is 887. The monoisotopic (exact) mass is 332 g/mol. The van der Waals surface area contributed by atoms with Gasteiger partial charge in [-0.15, -0.1) is 5.10 Å². The van der Waals surface area contributed by atoms with E-state index in [4.69, 9.17) is 0 Å². The van der Waals surface area contributed by atoms with E-state index in [1.807, 2.05) is 36.4 Å². The summed E-state index contributed by atoms with van der Waals surface area (Å²) >= 11 is 0. The zero-order chi connectivity index (χ0) is 17.2. The fourth-order valence-corrected chi connectivity index (χ4v) is 3.39. The summed E-state index contributed by atoms with van der Waals surface area (Å²) in [6.45, 7) is 2.06. The molecule has 2 aromatic carbocycles. The number of hydrogen-bond acceptors (Lipinski definition) is 3. The maximum atomic E-state index is 12.9. The number of anilines is 1. The normalized spacial score (nSPS) is 16.0. The number of nitrogens with one attached hydrogen (secondary N) is 1. The molecule has 1 aliphatic heterocycles. The van der Waals surface area contributed by atoms with Gasteiger partial charge in [0.05, 0.1) is 0 Å². The van der Waals surface area contributed by atoms with E-state index in [-0.39, 0.29) is 17.8 Å². The average Bonchev–Trinajstić information content (AvgIpc) is 3.24. The van der Waals surface area contributed by atoms with Crippen LogP contribution < -0.4 is 4.90 Å². The van der Waals surface area contributed by atoms with Crippen molar-refractivity contribution in [3.63, 3.8) is 0 Å². The molecular weight excluding hydrogens is 312 g/mol. The fourth-order valence-electron chi connectivity index (χ4n) is 3.39. The van der Waals surface area contributed by atoms with Crippen molar-refractivity contribution >= 4 is 11.6 Å². The topological polar surface area (TPSA) is 61.9 Å². The maximum absolute atomic E-state index is 12.9. The molecule has 0 unspecified atom stereocenters. The quantitative estimate of drug-likeness (QED) is 0.798. The number of aromatic amines is 1. The first kappa shape index (κ1) is 15.6. The lowest BCUT2D eigenvalue weighted by Gasteiger charge is -2.20. The Morgan fingerprint density at radius 2 is 1.88 bits per heavy atom. The third-order valence-electron chi connectivity index (χ3n) is 4.64. The van der Waals surface area contributed by atoms with Crippen LogP contribution in [0.2, 0.25) is 0 Å². The molecule has 5 nitrogen and oxygen atoms in total. The molecule has 1 N–H and O–H groups in total. The molecule has 4 rings (SSSR count). The van der Waals surface area contributed by atoms with Gasteiger partial charge in [0, 0.05) is 18.2 Å². The SMILES string of the molecule is C[C@H]1Cc2ccccc2N1C(=O)c1n[nH]c(CCc2ccccc2)n1. The number of rotatable bonds is 4. The largest absolute Gasteiger partial charge is 0.302 e. The number of amides is 1. The lowest BCUT2D eigenvalue weighted by Crippen LogP contribution is -2.36. The second kappa shape index (κ2) is 6.51. The number of carbonyl (C=O) groups is 1. The second-order valence-corrected chi connectivity index (χ2v) is 6.45. The number of fused-ring (bicyclic) bond motifs is 1. The van der Waals surface area contributed by atoms with Crippen LogP contribution in [0, 0.1) is 0 Å². The van der Waals surface area contributed by atoms with Gasteiger partial charge in [0.1, 0.15) is 5.82 Å². The molecule has 0 saturated carbocycles. The van der Waals surface area contributed by atoms with Gasteiger partial charge in [-0.1, -0.05) is 48.5 Å². The molecular formula is C20H20N4O.